The number of nitrogens with one attached hydrogen (secondary N) is 1. The zero-order valence-corrected chi connectivity index (χ0v) is 19.6. The number of amides is 2. The van der Waals surface area contributed by atoms with Crippen molar-refractivity contribution in [3.8, 4) is 0 Å². The highest BCUT2D eigenvalue weighted by Crippen LogP contribution is 2.29. The lowest BCUT2D eigenvalue weighted by Crippen LogP contribution is -2.43. The number of hydrogen-bond donors (Lipinski definition) is 1. The third-order valence-electron chi connectivity index (χ3n) is 5.15. The van der Waals surface area contributed by atoms with Gasteiger partial charge < -0.3 is 10.1 Å². The Morgan fingerprint density at radius 2 is 1.88 bits per heavy atom. The van der Waals surface area contributed by atoms with Crippen LogP contribution in [-0.2, 0) is 25.7 Å². The van der Waals surface area contributed by atoms with E-state index in [4.69, 9.17) is 27.9 Å². The summed E-state index contributed by atoms with van der Waals surface area (Å²) >= 11 is 12.4. The summed E-state index contributed by atoms with van der Waals surface area (Å²) in [5.41, 5.74) is 3.25. The van der Waals surface area contributed by atoms with Crippen molar-refractivity contribution in [3.63, 3.8) is 0 Å². The van der Waals surface area contributed by atoms with E-state index in [1.165, 1.54) is 17.1 Å². The molecule has 1 N–H and O–H groups in total. The number of halogens is 2. The second-order valence-corrected chi connectivity index (χ2v) is 8.35. The number of carbonyl (C=O) groups excluding carboxylic acids is 3. The van der Waals surface area contributed by atoms with E-state index < -0.39 is 18.5 Å². The number of benzene rings is 2. The largest absolute Gasteiger partial charge is 0.452 e. The van der Waals surface area contributed by atoms with Gasteiger partial charge in [-0.3, -0.25) is 14.5 Å². The minimum atomic E-state index is -0.719. The van der Waals surface area contributed by atoms with E-state index in [1.807, 2.05) is 12.1 Å². The summed E-state index contributed by atoms with van der Waals surface area (Å²) in [5.74, 6) is -1.54. The van der Waals surface area contributed by atoms with Gasteiger partial charge in [0, 0.05) is 16.7 Å². The van der Waals surface area contributed by atoms with E-state index in [9.17, 15) is 14.4 Å². The first-order chi connectivity index (χ1) is 16.3. The molecule has 2 amide bonds. The molecule has 0 saturated heterocycles. The molecule has 34 heavy (non-hydrogen) atoms. The molecule has 0 spiro atoms. The molecular formula is C24H20Cl2N4O4. The van der Waals surface area contributed by atoms with Gasteiger partial charge in [-0.15, -0.1) is 0 Å². The maximum atomic E-state index is 12.6. The van der Waals surface area contributed by atoms with Gasteiger partial charge in [0.2, 0.25) is 5.91 Å². The minimum Gasteiger partial charge on any atom is -0.452 e. The number of nitrogens with zero attached hydrogens (tertiary/aromatic N) is 3. The Bertz CT molecular complexity index is 1280. The lowest BCUT2D eigenvalue weighted by molar-refractivity contribution is -0.143. The maximum absolute atomic E-state index is 12.6. The number of ether oxygens (including phenoxy) is 1. The van der Waals surface area contributed by atoms with Crippen LogP contribution in [0, 0.1) is 6.92 Å². The number of carbonyl (C=O) groups is 3. The summed E-state index contributed by atoms with van der Waals surface area (Å²) in [5, 5.41) is 8.12. The Kier molecular flexibility index (Phi) is 7.00. The highest BCUT2D eigenvalue weighted by Gasteiger charge is 2.27. The fourth-order valence-corrected chi connectivity index (χ4v) is 3.91. The van der Waals surface area contributed by atoms with Crippen molar-refractivity contribution in [2.75, 3.05) is 23.4 Å². The van der Waals surface area contributed by atoms with Gasteiger partial charge in [0.25, 0.3) is 5.91 Å². The highest BCUT2D eigenvalue weighted by molar-refractivity contribution is 6.31. The summed E-state index contributed by atoms with van der Waals surface area (Å²) in [7, 11) is 0. The fourth-order valence-electron chi connectivity index (χ4n) is 3.49. The lowest BCUT2D eigenvalue weighted by Gasteiger charge is -2.28. The Morgan fingerprint density at radius 3 is 2.65 bits per heavy atom. The Labute approximate surface area is 205 Å². The van der Waals surface area contributed by atoms with Crippen molar-refractivity contribution >= 4 is 58.4 Å². The number of esters is 1. The van der Waals surface area contributed by atoms with Crippen LogP contribution in [0.15, 0.2) is 54.6 Å². The second-order valence-electron chi connectivity index (χ2n) is 7.56. The lowest BCUT2D eigenvalue weighted by atomic mass is 10.2. The normalized spacial score (nSPS) is 13.0. The second kappa shape index (κ2) is 10.1. The van der Waals surface area contributed by atoms with Crippen molar-refractivity contribution in [2.45, 2.75) is 13.5 Å². The SMILES string of the molecule is Cc1nn(Cc2ccc(Cl)cc2)c(Cl)c1C=CC(=O)OCC(=O)N1CC(=O)Nc2ccccc21. The molecule has 0 saturated carbocycles. The van der Waals surface area contributed by atoms with Crippen molar-refractivity contribution in [1.29, 1.82) is 0 Å². The first kappa shape index (κ1) is 23.5. The van der Waals surface area contributed by atoms with E-state index in [0.29, 0.717) is 39.4 Å². The number of para-hydroxylation sites is 2. The van der Waals surface area contributed by atoms with Crippen LogP contribution >= 0.6 is 23.2 Å². The molecule has 0 unspecified atom stereocenters. The number of fused-ring (bicyclic) bond motifs is 1. The summed E-state index contributed by atoms with van der Waals surface area (Å²) < 4.78 is 6.71. The molecule has 3 aromatic rings. The van der Waals surface area contributed by atoms with Gasteiger partial charge in [-0.2, -0.15) is 5.10 Å². The van der Waals surface area contributed by atoms with Crippen LogP contribution in [-0.4, -0.2) is 40.7 Å². The van der Waals surface area contributed by atoms with Gasteiger partial charge in [0.05, 0.1) is 23.6 Å². The van der Waals surface area contributed by atoms with Gasteiger partial charge in [-0.25, -0.2) is 9.48 Å². The van der Waals surface area contributed by atoms with Crippen molar-refractivity contribution < 1.29 is 19.1 Å². The summed E-state index contributed by atoms with van der Waals surface area (Å²) in [6.07, 6.45) is 2.69. The number of hydrogen-bond acceptors (Lipinski definition) is 5. The molecule has 0 radical (unpaired) electrons. The zero-order valence-electron chi connectivity index (χ0n) is 18.1. The molecule has 2 aromatic carbocycles. The molecule has 0 atom stereocenters. The molecule has 1 aromatic heterocycles. The van der Waals surface area contributed by atoms with Gasteiger partial charge in [0.1, 0.15) is 11.7 Å². The summed E-state index contributed by atoms with van der Waals surface area (Å²) in [4.78, 5) is 38.0. The van der Waals surface area contributed by atoms with Gasteiger partial charge in [-0.1, -0.05) is 47.5 Å². The molecular weight excluding hydrogens is 479 g/mol. The van der Waals surface area contributed by atoms with Crippen LogP contribution in [0.2, 0.25) is 10.2 Å². The van der Waals surface area contributed by atoms with Gasteiger partial charge in [0.15, 0.2) is 6.61 Å². The molecule has 0 bridgehead atoms. The molecule has 0 aliphatic carbocycles. The predicted molar refractivity (Wildman–Crippen MR) is 130 cm³/mol. The number of aromatic nitrogens is 2. The molecule has 174 valence electrons. The zero-order chi connectivity index (χ0) is 24.2. The first-order valence-corrected chi connectivity index (χ1v) is 11.1. The molecule has 1 aliphatic heterocycles. The monoisotopic (exact) mass is 498 g/mol. The van der Waals surface area contributed by atoms with Crippen LogP contribution in [0.4, 0.5) is 11.4 Å². The predicted octanol–water partition coefficient (Wildman–Crippen LogP) is 4.09. The van der Waals surface area contributed by atoms with Crippen molar-refractivity contribution in [3.05, 3.63) is 81.6 Å². The van der Waals surface area contributed by atoms with E-state index in [2.05, 4.69) is 10.4 Å². The van der Waals surface area contributed by atoms with E-state index >= 15 is 0 Å². The van der Waals surface area contributed by atoms with Gasteiger partial charge >= 0.3 is 5.97 Å². The van der Waals surface area contributed by atoms with Crippen LogP contribution in [0.5, 0.6) is 0 Å². The highest BCUT2D eigenvalue weighted by atomic mass is 35.5. The minimum absolute atomic E-state index is 0.148. The molecule has 1 aliphatic rings. The number of aryl methyl sites for hydroxylation is 1. The number of anilines is 2. The average Bonchev–Trinajstić information content (AvgIpc) is 3.08. The number of rotatable bonds is 6. The third kappa shape index (κ3) is 5.30. The van der Waals surface area contributed by atoms with Crippen molar-refractivity contribution in [1.82, 2.24) is 9.78 Å². The Hall–Kier alpha value is -3.62. The standard InChI is InChI=1S/C24H20Cl2N4O4/c1-15-18(24(26)30(28-15)12-16-6-8-17(25)9-7-16)10-11-23(33)34-14-22(32)29-13-21(31)27-19-4-2-3-5-20(19)29/h2-11H,12-14H2,1H3,(H,27,31). The quantitative estimate of drug-likeness (QED) is 0.408. The molecule has 4 rings (SSSR count). The van der Waals surface area contributed by atoms with Crippen LogP contribution in [0.1, 0.15) is 16.8 Å². The van der Waals surface area contributed by atoms with Crippen molar-refractivity contribution in [2.24, 2.45) is 0 Å². The molecule has 0 fully saturated rings. The topological polar surface area (TPSA) is 93.5 Å². The third-order valence-corrected chi connectivity index (χ3v) is 5.80. The van der Waals surface area contributed by atoms with E-state index in [1.54, 1.807) is 48.0 Å². The summed E-state index contributed by atoms with van der Waals surface area (Å²) in [6.45, 7) is 1.56. The van der Waals surface area contributed by atoms with E-state index in [-0.39, 0.29) is 12.5 Å². The molecule has 10 heteroatoms. The smallest absolute Gasteiger partial charge is 0.331 e. The van der Waals surface area contributed by atoms with Crippen LogP contribution < -0.4 is 10.2 Å². The molecule has 8 nitrogen and oxygen atoms in total. The Morgan fingerprint density at radius 1 is 1.15 bits per heavy atom. The Balaban J connectivity index is 1.38. The average molecular weight is 499 g/mol. The van der Waals surface area contributed by atoms with Gasteiger partial charge in [-0.05, 0) is 42.8 Å². The maximum Gasteiger partial charge on any atom is 0.331 e. The summed E-state index contributed by atoms with van der Waals surface area (Å²) in [6, 6.07) is 14.2. The van der Waals surface area contributed by atoms with Crippen LogP contribution in [0.3, 0.4) is 0 Å². The fraction of sp³-hybridized carbons (Fsp3) is 0.167. The first-order valence-electron chi connectivity index (χ1n) is 10.3. The molecule has 2 heterocycles. The van der Waals surface area contributed by atoms with Crippen LogP contribution in [0.25, 0.3) is 6.08 Å². The van der Waals surface area contributed by atoms with E-state index in [0.717, 1.165) is 5.56 Å².